The zero-order valence-electron chi connectivity index (χ0n) is 8.34. The number of rotatable bonds is 3. The van der Waals surface area contributed by atoms with Crippen LogP contribution in [0.15, 0.2) is 16.6 Å². The van der Waals surface area contributed by atoms with Crippen LogP contribution in [0.25, 0.3) is 0 Å². The molecular formula is C10H10BrClO3. The van der Waals surface area contributed by atoms with E-state index in [1.54, 1.807) is 12.1 Å². The smallest absolute Gasteiger partial charge is 0.310 e. The van der Waals surface area contributed by atoms with E-state index in [1.165, 1.54) is 14.2 Å². The molecule has 0 bridgehead atoms. The van der Waals surface area contributed by atoms with Crippen LogP contribution in [0.4, 0.5) is 0 Å². The number of ether oxygens (including phenoxy) is 2. The van der Waals surface area contributed by atoms with Crippen molar-refractivity contribution in [3.63, 3.8) is 0 Å². The Morgan fingerprint density at radius 2 is 2.13 bits per heavy atom. The second-order valence-electron chi connectivity index (χ2n) is 2.80. The predicted octanol–water partition coefficient (Wildman–Crippen LogP) is 2.83. The lowest BCUT2D eigenvalue weighted by Gasteiger charge is -2.10. The molecule has 0 fully saturated rings. The van der Waals surface area contributed by atoms with Crippen molar-refractivity contribution in [2.45, 2.75) is 6.42 Å². The fourth-order valence-corrected chi connectivity index (χ4v) is 1.74. The molecule has 0 heterocycles. The molecule has 0 amide bonds. The average molecular weight is 294 g/mol. The molecule has 1 rings (SSSR count). The van der Waals surface area contributed by atoms with Crippen LogP contribution in [0.2, 0.25) is 5.02 Å². The molecule has 15 heavy (non-hydrogen) atoms. The van der Waals surface area contributed by atoms with Crippen LogP contribution >= 0.6 is 27.5 Å². The highest BCUT2D eigenvalue weighted by Gasteiger charge is 2.14. The summed E-state index contributed by atoms with van der Waals surface area (Å²) in [5.74, 6) is 0.224. The number of esters is 1. The Morgan fingerprint density at radius 3 is 2.67 bits per heavy atom. The Bertz CT molecular complexity index is 379. The van der Waals surface area contributed by atoms with Gasteiger partial charge in [0.25, 0.3) is 0 Å². The minimum absolute atomic E-state index is 0.0952. The van der Waals surface area contributed by atoms with Gasteiger partial charge in [-0.05, 0) is 28.1 Å². The Balaban J connectivity index is 3.12. The topological polar surface area (TPSA) is 35.5 Å². The van der Waals surface area contributed by atoms with Crippen molar-refractivity contribution >= 4 is 33.5 Å². The van der Waals surface area contributed by atoms with Crippen molar-refractivity contribution in [1.82, 2.24) is 0 Å². The van der Waals surface area contributed by atoms with E-state index in [4.69, 9.17) is 16.3 Å². The Hall–Kier alpha value is -0.740. The second-order valence-corrected chi connectivity index (χ2v) is 4.03. The van der Waals surface area contributed by atoms with Crippen molar-refractivity contribution in [2.24, 2.45) is 0 Å². The SMILES string of the molecule is COC(=O)Cc1c(OC)ccc(Br)c1Cl. The minimum Gasteiger partial charge on any atom is -0.496 e. The summed E-state index contributed by atoms with van der Waals surface area (Å²) in [6.45, 7) is 0. The third-order valence-electron chi connectivity index (χ3n) is 1.92. The van der Waals surface area contributed by atoms with Crippen molar-refractivity contribution in [3.05, 3.63) is 27.2 Å². The van der Waals surface area contributed by atoms with Gasteiger partial charge in [0, 0.05) is 10.0 Å². The highest BCUT2D eigenvalue weighted by molar-refractivity contribution is 9.10. The summed E-state index contributed by atoms with van der Waals surface area (Å²) >= 11 is 9.33. The highest BCUT2D eigenvalue weighted by atomic mass is 79.9. The third kappa shape index (κ3) is 2.86. The highest BCUT2D eigenvalue weighted by Crippen LogP contribution is 2.33. The second kappa shape index (κ2) is 5.37. The summed E-state index contributed by atoms with van der Waals surface area (Å²) in [7, 11) is 2.86. The maximum Gasteiger partial charge on any atom is 0.310 e. The summed E-state index contributed by atoms with van der Waals surface area (Å²) in [6, 6.07) is 3.51. The summed E-state index contributed by atoms with van der Waals surface area (Å²) < 4.78 is 10.4. The summed E-state index contributed by atoms with van der Waals surface area (Å²) in [4.78, 5) is 11.2. The number of hydrogen-bond donors (Lipinski definition) is 0. The van der Waals surface area contributed by atoms with Crippen LogP contribution in [0.1, 0.15) is 5.56 Å². The van der Waals surface area contributed by atoms with Gasteiger partial charge in [0.05, 0.1) is 25.7 Å². The van der Waals surface area contributed by atoms with Gasteiger partial charge in [-0.1, -0.05) is 11.6 Å². The number of carbonyl (C=O) groups excluding carboxylic acids is 1. The summed E-state index contributed by atoms with van der Waals surface area (Å²) in [5.41, 5.74) is 0.625. The number of benzene rings is 1. The van der Waals surface area contributed by atoms with Gasteiger partial charge in [-0.15, -0.1) is 0 Å². The normalized spacial score (nSPS) is 9.87. The molecule has 0 saturated carbocycles. The zero-order valence-corrected chi connectivity index (χ0v) is 10.7. The van der Waals surface area contributed by atoms with Crippen molar-refractivity contribution in [3.8, 4) is 5.75 Å². The van der Waals surface area contributed by atoms with Gasteiger partial charge in [-0.2, -0.15) is 0 Å². The van der Waals surface area contributed by atoms with Gasteiger partial charge in [-0.25, -0.2) is 0 Å². The molecule has 82 valence electrons. The van der Waals surface area contributed by atoms with Crippen LogP contribution in [0.5, 0.6) is 5.75 Å². The van der Waals surface area contributed by atoms with E-state index in [2.05, 4.69) is 20.7 Å². The number of methoxy groups -OCH3 is 2. The van der Waals surface area contributed by atoms with E-state index in [-0.39, 0.29) is 12.4 Å². The van der Waals surface area contributed by atoms with Crippen molar-refractivity contribution in [1.29, 1.82) is 0 Å². The van der Waals surface area contributed by atoms with E-state index in [0.29, 0.717) is 16.3 Å². The molecule has 0 radical (unpaired) electrons. The number of hydrogen-bond acceptors (Lipinski definition) is 3. The first kappa shape index (κ1) is 12.3. The Morgan fingerprint density at radius 1 is 1.47 bits per heavy atom. The predicted molar refractivity (Wildman–Crippen MR) is 61.4 cm³/mol. The molecule has 3 nitrogen and oxygen atoms in total. The number of carbonyl (C=O) groups is 1. The molecule has 0 aliphatic carbocycles. The van der Waals surface area contributed by atoms with Gasteiger partial charge in [0.15, 0.2) is 0 Å². The van der Waals surface area contributed by atoms with Gasteiger partial charge in [0.1, 0.15) is 5.75 Å². The minimum atomic E-state index is -0.353. The maximum atomic E-state index is 11.2. The van der Waals surface area contributed by atoms with Crippen LogP contribution in [0.3, 0.4) is 0 Å². The van der Waals surface area contributed by atoms with Crippen molar-refractivity contribution < 1.29 is 14.3 Å². The molecule has 1 aromatic rings. The molecular weight excluding hydrogens is 283 g/mol. The van der Waals surface area contributed by atoms with Gasteiger partial charge >= 0.3 is 5.97 Å². The largest absolute Gasteiger partial charge is 0.496 e. The molecule has 0 N–H and O–H groups in total. The first-order valence-corrected chi connectivity index (χ1v) is 5.35. The van der Waals surface area contributed by atoms with Gasteiger partial charge < -0.3 is 9.47 Å². The zero-order chi connectivity index (χ0) is 11.4. The van der Waals surface area contributed by atoms with Crippen molar-refractivity contribution in [2.75, 3.05) is 14.2 Å². The van der Waals surface area contributed by atoms with Crippen LogP contribution in [-0.2, 0) is 16.0 Å². The Kier molecular flexibility index (Phi) is 4.42. The molecule has 0 unspecified atom stereocenters. The van der Waals surface area contributed by atoms with E-state index < -0.39 is 0 Å². The molecule has 0 aliphatic rings. The lowest BCUT2D eigenvalue weighted by molar-refractivity contribution is -0.139. The quantitative estimate of drug-likeness (QED) is 0.804. The van der Waals surface area contributed by atoms with Crippen LogP contribution < -0.4 is 4.74 Å². The lowest BCUT2D eigenvalue weighted by Crippen LogP contribution is -2.06. The monoisotopic (exact) mass is 292 g/mol. The first-order valence-electron chi connectivity index (χ1n) is 4.17. The number of halogens is 2. The van der Waals surface area contributed by atoms with E-state index in [0.717, 1.165) is 4.47 Å². The third-order valence-corrected chi connectivity index (χ3v) is 3.24. The molecule has 0 aromatic heterocycles. The molecule has 0 aliphatic heterocycles. The fourth-order valence-electron chi connectivity index (χ4n) is 1.15. The summed E-state index contributed by atoms with van der Waals surface area (Å²) in [5, 5.41) is 0.472. The summed E-state index contributed by atoms with van der Waals surface area (Å²) in [6.07, 6.45) is 0.0952. The van der Waals surface area contributed by atoms with E-state index in [9.17, 15) is 4.79 Å². The van der Waals surface area contributed by atoms with Crippen LogP contribution in [0, 0.1) is 0 Å². The maximum absolute atomic E-state index is 11.2. The van der Waals surface area contributed by atoms with Gasteiger partial charge in [-0.3, -0.25) is 4.79 Å². The average Bonchev–Trinajstić information content (AvgIpc) is 2.25. The van der Waals surface area contributed by atoms with E-state index >= 15 is 0 Å². The van der Waals surface area contributed by atoms with Crippen LogP contribution in [-0.4, -0.2) is 20.2 Å². The lowest BCUT2D eigenvalue weighted by atomic mass is 10.1. The molecule has 0 saturated heterocycles. The molecule has 5 heteroatoms. The standard InChI is InChI=1S/C10H10BrClO3/c1-14-8-4-3-7(11)10(12)6(8)5-9(13)15-2/h3-4H,5H2,1-2H3. The first-order chi connectivity index (χ1) is 7.10. The molecule has 0 spiro atoms. The molecule has 0 atom stereocenters. The fraction of sp³-hybridized carbons (Fsp3) is 0.300. The molecule has 1 aromatic carbocycles. The Labute approximate surface area is 101 Å². The van der Waals surface area contributed by atoms with E-state index in [1.807, 2.05) is 0 Å². The van der Waals surface area contributed by atoms with Gasteiger partial charge in [0.2, 0.25) is 0 Å².